The summed E-state index contributed by atoms with van der Waals surface area (Å²) in [6.45, 7) is 0.462. The molecule has 0 fully saturated rings. The highest BCUT2D eigenvalue weighted by Gasteiger charge is 2.11. The SMILES string of the molecule is NC(CC(=O)NCc1cscn1)c1ccccc1. The maximum absolute atomic E-state index is 11.7. The fourth-order valence-corrected chi connectivity index (χ4v) is 2.16. The van der Waals surface area contributed by atoms with Crippen LogP contribution in [0, 0.1) is 0 Å². The van der Waals surface area contributed by atoms with Gasteiger partial charge in [0, 0.05) is 17.8 Å². The Kier molecular flexibility index (Phi) is 4.44. The molecule has 1 aromatic carbocycles. The Morgan fingerprint density at radius 1 is 1.39 bits per heavy atom. The summed E-state index contributed by atoms with van der Waals surface area (Å²) in [5.41, 5.74) is 9.57. The van der Waals surface area contributed by atoms with Gasteiger partial charge >= 0.3 is 0 Å². The van der Waals surface area contributed by atoms with Gasteiger partial charge in [0.1, 0.15) is 0 Å². The summed E-state index contributed by atoms with van der Waals surface area (Å²) >= 11 is 1.51. The fourth-order valence-electron chi connectivity index (χ4n) is 1.60. The number of hydrogen-bond acceptors (Lipinski definition) is 4. The largest absolute Gasteiger partial charge is 0.350 e. The van der Waals surface area contributed by atoms with Crippen molar-refractivity contribution < 1.29 is 4.79 Å². The van der Waals surface area contributed by atoms with E-state index in [9.17, 15) is 4.79 Å². The van der Waals surface area contributed by atoms with E-state index < -0.39 is 0 Å². The van der Waals surface area contributed by atoms with Gasteiger partial charge < -0.3 is 11.1 Å². The molecule has 0 aliphatic heterocycles. The standard InChI is InChI=1S/C13H15N3OS/c14-12(10-4-2-1-3-5-10)6-13(17)15-7-11-8-18-9-16-11/h1-5,8-9,12H,6-7,14H2,(H,15,17). The van der Waals surface area contributed by atoms with Gasteiger partial charge in [-0.25, -0.2) is 4.98 Å². The lowest BCUT2D eigenvalue weighted by Gasteiger charge is -2.11. The number of aromatic nitrogens is 1. The highest BCUT2D eigenvalue weighted by Crippen LogP contribution is 2.13. The van der Waals surface area contributed by atoms with Crippen LogP contribution in [0.5, 0.6) is 0 Å². The molecule has 1 atom stereocenters. The summed E-state index contributed by atoms with van der Waals surface area (Å²) in [6, 6.07) is 9.36. The van der Waals surface area contributed by atoms with Gasteiger partial charge in [-0.2, -0.15) is 0 Å². The molecular formula is C13H15N3OS. The molecule has 0 aliphatic rings. The van der Waals surface area contributed by atoms with Crippen LogP contribution in [-0.2, 0) is 11.3 Å². The zero-order chi connectivity index (χ0) is 12.8. The molecule has 0 spiro atoms. The summed E-state index contributed by atoms with van der Waals surface area (Å²) in [6.07, 6.45) is 0.286. The van der Waals surface area contributed by atoms with Crippen molar-refractivity contribution >= 4 is 17.2 Å². The Bertz CT molecular complexity index is 484. The normalized spacial score (nSPS) is 12.1. The van der Waals surface area contributed by atoms with E-state index in [1.807, 2.05) is 35.7 Å². The van der Waals surface area contributed by atoms with Crippen LogP contribution in [0.1, 0.15) is 23.7 Å². The van der Waals surface area contributed by atoms with Crippen molar-refractivity contribution in [3.8, 4) is 0 Å². The fraction of sp³-hybridized carbons (Fsp3) is 0.231. The summed E-state index contributed by atoms with van der Waals surface area (Å²) in [5, 5.41) is 4.73. The second-order valence-electron chi connectivity index (χ2n) is 3.98. The molecular weight excluding hydrogens is 246 g/mol. The first-order chi connectivity index (χ1) is 8.75. The zero-order valence-electron chi connectivity index (χ0n) is 9.87. The van der Waals surface area contributed by atoms with E-state index in [0.29, 0.717) is 6.54 Å². The van der Waals surface area contributed by atoms with Crippen molar-refractivity contribution in [1.82, 2.24) is 10.3 Å². The third-order valence-corrected chi connectivity index (χ3v) is 3.22. The van der Waals surface area contributed by atoms with Gasteiger partial charge in [0.2, 0.25) is 5.91 Å². The van der Waals surface area contributed by atoms with Crippen molar-refractivity contribution in [2.75, 3.05) is 0 Å². The Hall–Kier alpha value is -1.72. The number of thiazole rings is 1. The second kappa shape index (κ2) is 6.28. The molecule has 0 radical (unpaired) electrons. The molecule has 5 heteroatoms. The number of amides is 1. The predicted molar refractivity (Wildman–Crippen MR) is 71.9 cm³/mol. The minimum atomic E-state index is -0.262. The molecule has 3 N–H and O–H groups in total. The lowest BCUT2D eigenvalue weighted by Crippen LogP contribution is -2.27. The van der Waals surface area contributed by atoms with E-state index in [2.05, 4.69) is 10.3 Å². The number of carbonyl (C=O) groups is 1. The Morgan fingerprint density at radius 2 is 2.17 bits per heavy atom. The molecule has 1 amide bonds. The minimum absolute atomic E-state index is 0.0562. The summed E-state index contributed by atoms with van der Waals surface area (Å²) in [5.74, 6) is -0.0562. The number of hydrogen-bond donors (Lipinski definition) is 2. The number of nitrogens with two attached hydrogens (primary N) is 1. The van der Waals surface area contributed by atoms with Crippen LogP contribution in [0.3, 0.4) is 0 Å². The van der Waals surface area contributed by atoms with Crippen LogP contribution < -0.4 is 11.1 Å². The third kappa shape index (κ3) is 3.65. The summed E-state index contributed by atoms with van der Waals surface area (Å²) in [7, 11) is 0. The molecule has 18 heavy (non-hydrogen) atoms. The maximum Gasteiger partial charge on any atom is 0.222 e. The van der Waals surface area contributed by atoms with Gasteiger partial charge in [-0.3, -0.25) is 4.79 Å². The Labute approximate surface area is 110 Å². The number of carbonyl (C=O) groups excluding carboxylic acids is 1. The summed E-state index contributed by atoms with van der Waals surface area (Å²) in [4.78, 5) is 15.8. The molecule has 1 unspecified atom stereocenters. The number of nitrogens with zero attached hydrogens (tertiary/aromatic N) is 1. The first kappa shape index (κ1) is 12.7. The minimum Gasteiger partial charge on any atom is -0.350 e. The predicted octanol–water partition coefficient (Wildman–Crippen LogP) is 1.85. The molecule has 2 aromatic rings. The first-order valence-electron chi connectivity index (χ1n) is 5.70. The maximum atomic E-state index is 11.7. The average Bonchev–Trinajstić information content (AvgIpc) is 2.90. The smallest absolute Gasteiger partial charge is 0.222 e. The van der Waals surface area contributed by atoms with Gasteiger partial charge in [0.15, 0.2) is 0 Å². The lowest BCUT2D eigenvalue weighted by atomic mass is 10.0. The van der Waals surface area contributed by atoms with Gasteiger partial charge in [0.25, 0.3) is 0 Å². The third-order valence-electron chi connectivity index (χ3n) is 2.58. The van der Waals surface area contributed by atoms with Crippen LogP contribution in [0.4, 0.5) is 0 Å². The molecule has 94 valence electrons. The highest BCUT2D eigenvalue weighted by atomic mass is 32.1. The second-order valence-corrected chi connectivity index (χ2v) is 4.70. The van der Waals surface area contributed by atoms with E-state index in [-0.39, 0.29) is 18.4 Å². The van der Waals surface area contributed by atoms with Gasteiger partial charge in [0.05, 0.1) is 17.7 Å². The topological polar surface area (TPSA) is 68.0 Å². The zero-order valence-corrected chi connectivity index (χ0v) is 10.7. The van der Waals surface area contributed by atoms with E-state index in [1.54, 1.807) is 5.51 Å². The molecule has 0 aliphatic carbocycles. The van der Waals surface area contributed by atoms with E-state index in [0.717, 1.165) is 11.3 Å². The quantitative estimate of drug-likeness (QED) is 0.863. The molecule has 0 saturated heterocycles. The molecule has 1 heterocycles. The number of benzene rings is 1. The van der Waals surface area contributed by atoms with Crippen LogP contribution in [0.2, 0.25) is 0 Å². The van der Waals surface area contributed by atoms with Crippen molar-refractivity contribution in [2.24, 2.45) is 5.73 Å². The van der Waals surface area contributed by atoms with Crippen molar-refractivity contribution in [3.63, 3.8) is 0 Å². The lowest BCUT2D eigenvalue weighted by molar-refractivity contribution is -0.121. The number of rotatable bonds is 5. The molecule has 1 aromatic heterocycles. The van der Waals surface area contributed by atoms with Crippen LogP contribution in [0.25, 0.3) is 0 Å². The van der Waals surface area contributed by atoms with E-state index in [1.165, 1.54) is 11.3 Å². The first-order valence-corrected chi connectivity index (χ1v) is 6.64. The van der Waals surface area contributed by atoms with Crippen molar-refractivity contribution in [1.29, 1.82) is 0 Å². The molecule has 4 nitrogen and oxygen atoms in total. The van der Waals surface area contributed by atoms with Crippen molar-refractivity contribution in [3.05, 3.63) is 52.5 Å². The molecule has 0 saturated carbocycles. The Morgan fingerprint density at radius 3 is 2.83 bits per heavy atom. The van der Waals surface area contributed by atoms with Gasteiger partial charge in [-0.15, -0.1) is 11.3 Å². The van der Waals surface area contributed by atoms with Crippen LogP contribution in [-0.4, -0.2) is 10.9 Å². The monoisotopic (exact) mass is 261 g/mol. The van der Waals surface area contributed by atoms with Gasteiger partial charge in [-0.1, -0.05) is 30.3 Å². The Balaban J connectivity index is 1.80. The number of nitrogens with one attached hydrogen (secondary N) is 1. The van der Waals surface area contributed by atoms with E-state index >= 15 is 0 Å². The average molecular weight is 261 g/mol. The van der Waals surface area contributed by atoms with Crippen LogP contribution >= 0.6 is 11.3 Å². The van der Waals surface area contributed by atoms with Crippen molar-refractivity contribution in [2.45, 2.75) is 19.0 Å². The summed E-state index contributed by atoms with van der Waals surface area (Å²) < 4.78 is 0. The van der Waals surface area contributed by atoms with E-state index in [4.69, 9.17) is 5.73 Å². The molecule has 2 rings (SSSR count). The molecule has 0 bridgehead atoms. The highest BCUT2D eigenvalue weighted by molar-refractivity contribution is 7.07. The van der Waals surface area contributed by atoms with Crippen LogP contribution in [0.15, 0.2) is 41.2 Å². The van der Waals surface area contributed by atoms with Gasteiger partial charge in [-0.05, 0) is 5.56 Å².